The van der Waals surface area contributed by atoms with Gasteiger partial charge in [0.05, 0.1) is 16.1 Å². The van der Waals surface area contributed by atoms with Crippen LogP contribution < -0.4 is 5.32 Å². The fourth-order valence-corrected chi connectivity index (χ4v) is 5.26. The Hall–Kier alpha value is 0.134. The maximum Gasteiger partial charge on any atom is 0.0710 e. The largest absolute Gasteiger partial charge is 0.317 e. The van der Waals surface area contributed by atoms with Crippen molar-refractivity contribution in [2.45, 2.75) is 83.3 Å². The number of hydrogen-bond acceptors (Lipinski definition) is 1. The van der Waals surface area contributed by atoms with Gasteiger partial charge in [-0.25, -0.2) is 0 Å². The molecule has 0 amide bonds. The van der Waals surface area contributed by atoms with E-state index in [0.29, 0.717) is 5.04 Å². The summed E-state index contributed by atoms with van der Waals surface area (Å²) in [5.41, 5.74) is 2.21. The molecule has 0 aliphatic heterocycles. The zero-order valence-corrected chi connectivity index (χ0v) is 17.2. The molecule has 3 heteroatoms. The third kappa shape index (κ3) is 8.43. The van der Waals surface area contributed by atoms with Crippen LogP contribution in [0.1, 0.15) is 40.0 Å². The molecule has 0 aliphatic rings. The molecule has 0 atom stereocenters. The van der Waals surface area contributed by atoms with E-state index in [4.69, 9.17) is 0 Å². The van der Waals surface area contributed by atoms with Gasteiger partial charge < -0.3 is 5.32 Å². The summed E-state index contributed by atoms with van der Waals surface area (Å²) in [5, 5.41) is 4.15. The lowest BCUT2D eigenvalue weighted by Crippen LogP contribution is -2.36. The second-order valence-electron chi connectivity index (χ2n) is 8.64. The normalized spacial score (nSPS) is 13.6. The van der Waals surface area contributed by atoms with E-state index < -0.39 is 16.1 Å². The molecule has 1 N–H and O–H groups in total. The van der Waals surface area contributed by atoms with Crippen LogP contribution in [0.4, 0.5) is 0 Å². The average molecular weight is 314 g/mol. The first-order valence-corrected chi connectivity index (χ1v) is 14.9. The van der Waals surface area contributed by atoms with E-state index in [1.165, 1.54) is 44.4 Å². The van der Waals surface area contributed by atoms with E-state index in [1.807, 2.05) is 0 Å². The highest BCUT2D eigenvalue weighted by atomic mass is 28.3. The Labute approximate surface area is 130 Å². The minimum absolute atomic E-state index is 0.543. The van der Waals surface area contributed by atoms with Gasteiger partial charge >= 0.3 is 0 Å². The molecule has 120 valence electrons. The third-order valence-electron chi connectivity index (χ3n) is 5.16. The lowest BCUT2D eigenvalue weighted by Gasteiger charge is -2.37. The van der Waals surface area contributed by atoms with Crippen LogP contribution in [0.5, 0.6) is 0 Å². The lowest BCUT2D eigenvalue weighted by molar-refractivity contribution is 0.622. The summed E-state index contributed by atoms with van der Waals surface area (Å²) in [6, 6.07) is 2.84. The average Bonchev–Trinajstić information content (AvgIpc) is 2.31. The predicted molar refractivity (Wildman–Crippen MR) is 101 cm³/mol. The van der Waals surface area contributed by atoms with Crippen LogP contribution in [0, 0.1) is 0 Å². The van der Waals surface area contributed by atoms with Gasteiger partial charge in [-0.3, -0.25) is 0 Å². The van der Waals surface area contributed by atoms with E-state index >= 15 is 0 Å². The Balaban J connectivity index is 3.58. The van der Waals surface area contributed by atoms with Gasteiger partial charge in [0, 0.05) is 0 Å². The van der Waals surface area contributed by atoms with E-state index in [1.54, 1.807) is 0 Å². The molecule has 0 heterocycles. The molecule has 0 aromatic heterocycles. The second-order valence-corrected chi connectivity index (χ2v) is 19.3. The number of nitrogens with one attached hydrogen (secondary N) is 1. The van der Waals surface area contributed by atoms with E-state index in [-0.39, 0.29) is 0 Å². The number of rotatable bonds is 10. The summed E-state index contributed by atoms with van der Waals surface area (Å²) in [6.45, 7) is 23.5. The summed E-state index contributed by atoms with van der Waals surface area (Å²) < 4.78 is 0. The Morgan fingerprint density at radius 1 is 0.900 bits per heavy atom. The molecule has 0 saturated carbocycles. The minimum Gasteiger partial charge on any atom is -0.317 e. The molecular formula is C17H39NSi2. The number of hydrogen-bond donors (Lipinski definition) is 1. The molecule has 0 fully saturated rings. The molecule has 0 radical (unpaired) electrons. The first-order valence-electron chi connectivity index (χ1n) is 8.36. The van der Waals surface area contributed by atoms with Crippen molar-refractivity contribution in [2.24, 2.45) is 0 Å². The third-order valence-corrected chi connectivity index (χ3v) is 13.6. The topological polar surface area (TPSA) is 12.0 Å². The Bertz CT molecular complexity index is 277. The molecular weight excluding hydrogens is 274 g/mol. The smallest absolute Gasteiger partial charge is 0.0710 e. The molecule has 0 bridgehead atoms. The van der Waals surface area contributed by atoms with E-state index in [0.717, 1.165) is 0 Å². The van der Waals surface area contributed by atoms with Crippen molar-refractivity contribution in [1.29, 1.82) is 0 Å². The highest BCUT2D eigenvalue weighted by Gasteiger charge is 2.33. The zero-order chi connectivity index (χ0) is 15.9. The molecule has 0 aliphatic carbocycles. The molecule has 0 aromatic carbocycles. The fourth-order valence-electron chi connectivity index (χ4n) is 2.09. The summed E-state index contributed by atoms with van der Waals surface area (Å²) in [5.74, 6) is 0. The van der Waals surface area contributed by atoms with Crippen molar-refractivity contribution in [1.82, 2.24) is 5.32 Å². The van der Waals surface area contributed by atoms with Crippen molar-refractivity contribution in [2.75, 3.05) is 13.1 Å². The van der Waals surface area contributed by atoms with Crippen molar-refractivity contribution >= 4 is 16.1 Å². The Morgan fingerprint density at radius 2 is 1.45 bits per heavy atom. The summed E-state index contributed by atoms with van der Waals surface area (Å²) in [4.78, 5) is 0. The van der Waals surface area contributed by atoms with Crippen LogP contribution in [0.15, 0.2) is 12.3 Å². The summed E-state index contributed by atoms with van der Waals surface area (Å²) in [7, 11) is -2.11. The van der Waals surface area contributed by atoms with Gasteiger partial charge in [0.15, 0.2) is 0 Å². The number of unbranched alkanes of at least 4 members (excludes halogenated alkanes) is 1. The first kappa shape index (κ1) is 20.1. The highest BCUT2D eigenvalue weighted by Crippen LogP contribution is 2.39. The monoisotopic (exact) mass is 313 g/mol. The van der Waals surface area contributed by atoms with Crippen molar-refractivity contribution in [3.05, 3.63) is 12.3 Å². The van der Waals surface area contributed by atoms with Crippen LogP contribution in [0.25, 0.3) is 0 Å². The van der Waals surface area contributed by atoms with Gasteiger partial charge in [0.25, 0.3) is 0 Å². The molecule has 0 spiro atoms. The molecule has 0 unspecified atom stereocenters. The van der Waals surface area contributed by atoms with Crippen LogP contribution in [0.2, 0.25) is 43.3 Å². The first-order chi connectivity index (χ1) is 9.02. The van der Waals surface area contributed by atoms with Crippen molar-refractivity contribution in [3.63, 3.8) is 0 Å². The Morgan fingerprint density at radius 3 is 1.95 bits per heavy atom. The standard InChI is InChI=1S/C17H39NSi2/c1-9-19(5,6)15-12-14-18-13-10-11-16-20(7,8)17(2,3)4/h9,18H,1,10-16H2,2-8H3. The molecule has 20 heavy (non-hydrogen) atoms. The minimum atomic E-state index is -1.07. The molecule has 0 rings (SSSR count). The molecule has 1 nitrogen and oxygen atoms in total. The zero-order valence-electron chi connectivity index (χ0n) is 15.2. The second kappa shape index (κ2) is 8.55. The van der Waals surface area contributed by atoms with Gasteiger partial charge in [0.2, 0.25) is 0 Å². The van der Waals surface area contributed by atoms with Gasteiger partial charge in [-0.2, -0.15) is 0 Å². The van der Waals surface area contributed by atoms with Gasteiger partial charge in [0.1, 0.15) is 0 Å². The highest BCUT2D eigenvalue weighted by molar-refractivity contribution is 6.82. The van der Waals surface area contributed by atoms with Crippen molar-refractivity contribution in [3.8, 4) is 0 Å². The van der Waals surface area contributed by atoms with Crippen LogP contribution in [-0.4, -0.2) is 29.2 Å². The van der Waals surface area contributed by atoms with E-state index in [2.05, 4.69) is 64.6 Å². The fraction of sp³-hybridized carbons (Fsp3) is 0.882. The van der Waals surface area contributed by atoms with Gasteiger partial charge in [-0.15, -0.1) is 12.3 Å². The SMILES string of the molecule is C=C[Si](C)(C)CCCNCCCC[Si](C)(C)C(C)(C)C. The molecule has 0 saturated heterocycles. The van der Waals surface area contributed by atoms with E-state index in [9.17, 15) is 0 Å². The maximum absolute atomic E-state index is 3.96. The Kier molecular flexibility index (Phi) is 8.60. The quantitative estimate of drug-likeness (QED) is 0.403. The van der Waals surface area contributed by atoms with Crippen LogP contribution in [0.3, 0.4) is 0 Å². The van der Waals surface area contributed by atoms with Crippen molar-refractivity contribution < 1.29 is 0 Å². The van der Waals surface area contributed by atoms with Crippen LogP contribution in [-0.2, 0) is 0 Å². The predicted octanol–water partition coefficient (Wildman–Crippen LogP) is 5.69. The maximum atomic E-state index is 3.96. The lowest BCUT2D eigenvalue weighted by atomic mass is 10.2. The van der Waals surface area contributed by atoms with Crippen LogP contribution >= 0.6 is 0 Å². The summed E-state index contributed by atoms with van der Waals surface area (Å²) >= 11 is 0. The summed E-state index contributed by atoms with van der Waals surface area (Å²) in [6.07, 6.45) is 4.05. The molecule has 0 aromatic rings. The van der Waals surface area contributed by atoms with Gasteiger partial charge in [-0.1, -0.05) is 65.5 Å². The van der Waals surface area contributed by atoms with Gasteiger partial charge in [-0.05, 0) is 31.0 Å².